The lowest BCUT2D eigenvalue weighted by Gasteiger charge is -2.36. The molecule has 0 spiro atoms. The van der Waals surface area contributed by atoms with Crippen molar-refractivity contribution in [2.75, 3.05) is 13.7 Å². The van der Waals surface area contributed by atoms with Crippen LogP contribution in [0.25, 0.3) is 22.2 Å². The molecule has 60 heavy (non-hydrogen) atoms. The SMILES string of the molecule is C=CC1C[C@]1(NC(=O)[C@@H]1C[C@@H](Oc2cc(-c3ccccc3)nc3cc(OC)ccc23)CN1C(=O)C(NC(=O)OC(C)(C)C)C(C)(C)C)C(=O)NS(=O)(=O)c1ccccc1I. The molecule has 6 rings (SSSR count). The number of alkyl carbamates (subject to hydrolysis) is 1. The maximum atomic E-state index is 14.8. The summed E-state index contributed by atoms with van der Waals surface area (Å²) in [6.45, 7) is 14.2. The topological polar surface area (TPSA) is 182 Å². The van der Waals surface area contributed by atoms with E-state index in [0.717, 1.165) is 5.56 Å². The lowest BCUT2D eigenvalue weighted by molar-refractivity contribution is -0.143. The number of methoxy groups -OCH3 is 1. The highest BCUT2D eigenvalue weighted by atomic mass is 127. The molecule has 2 unspecified atom stereocenters. The van der Waals surface area contributed by atoms with E-state index in [1.54, 1.807) is 85.1 Å². The summed E-state index contributed by atoms with van der Waals surface area (Å²) in [5.41, 5.74) is -1.32. The summed E-state index contributed by atoms with van der Waals surface area (Å²) in [6, 6.07) is 20.6. The third-order valence-corrected chi connectivity index (χ3v) is 13.1. The third-order valence-electron chi connectivity index (χ3n) is 10.4. The summed E-state index contributed by atoms with van der Waals surface area (Å²) in [5.74, 6) is -1.78. The zero-order chi connectivity index (χ0) is 43.8. The zero-order valence-electron chi connectivity index (χ0n) is 34.6. The number of pyridine rings is 1. The summed E-state index contributed by atoms with van der Waals surface area (Å²) in [5, 5.41) is 6.21. The quantitative estimate of drug-likeness (QED) is 0.107. The maximum absolute atomic E-state index is 14.8. The van der Waals surface area contributed by atoms with Gasteiger partial charge in [0, 0.05) is 39.0 Å². The van der Waals surface area contributed by atoms with Gasteiger partial charge in [-0.1, -0.05) is 69.3 Å². The van der Waals surface area contributed by atoms with Crippen molar-refractivity contribution in [3.63, 3.8) is 0 Å². The molecule has 0 bridgehead atoms. The molecule has 2 fully saturated rings. The van der Waals surface area contributed by atoms with Crippen LogP contribution in [0.3, 0.4) is 0 Å². The molecule has 4 aromatic rings. The fraction of sp³-hybridized carbons (Fsp3) is 0.386. The Morgan fingerprint density at radius 2 is 1.67 bits per heavy atom. The minimum atomic E-state index is -4.33. The van der Waals surface area contributed by atoms with Crippen LogP contribution >= 0.6 is 22.6 Å². The number of nitrogens with zero attached hydrogens (tertiary/aromatic N) is 2. The smallest absolute Gasteiger partial charge is 0.408 e. The Hall–Kier alpha value is -5.23. The number of rotatable bonds is 12. The summed E-state index contributed by atoms with van der Waals surface area (Å²) in [7, 11) is -2.77. The maximum Gasteiger partial charge on any atom is 0.408 e. The standard InChI is InChI=1S/C44H50IN5O9S/c1-9-27-24-44(27,40(53)49-60(55,56)36-18-14-13-17-31(36)45)48-38(51)34-22-29(25-50(34)39(52)37(42(2,3)4)47-41(54)59-43(5,6)7)58-35-23-32(26-15-11-10-12-16-26)46-33-21-28(57-8)19-20-30(33)35/h9-21,23,27,29,34,37H,1,22,24-25H2,2-8H3,(H,47,54)(H,48,51)(H,49,53)/t27?,29-,34+,37?,44-/m1/s1. The number of ether oxygens (including phenoxy) is 3. The van der Waals surface area contributed by atoms with E-state index in [1.165, 1.54) is 17.0 Å². The molecule has 1 saturated carbocycles. The van der Waals surface area contributed by atoms with E-state index in [1.807, 2.05) is 59.0 Å². The fourth-order valence-corrected chi connectivity index (χ4v) is 9.60. The van der Waals surface area contributed by atoms with Crippen molar-refractivity contribution < 1.29 is 41.8 Å². The summed E-state index contributed by atoms with van der Waals surface area (Å²) in [6.07, 6.45) is -0.0274. The van der Waals surface area contributed by atoms with Gasteiger partial charge in [0.2, 0.25) is 11.8 Å². The number of sulfonamides is 1. The minimum Gasteiger partial charge on any atom is -0.497 e. The van der Waals surface area contributed by atoms with Gasteiger partial charge in [0.1, 0.15) is 45.7 Å². The van der Waals surface area contributed by atoms with E-state index < -0.39 is 74.5 Å². The first kappa shape index (κ1) is 44.3. The van der Waals surface area contributed by atoms with Gasteiger partial charge in [0.05, 0.1) is 24.9 Å². The molecule has 3 N–H and O–H groups in total. The van der Waals surface area contributed by atoms with E-state index in [0.29, 0.717) is 31.7 Å². The predicted octanol–water partition coefficient (Wildman–Crippen LogP) is 6.37. The molecule has 5 atom stereocenters. The highest BCUT2D eigenvalue weighted by molar-refractivity contribution is 14.1. The van der Waals surface area contributed by atoms with Gasteiger partial charge in [-0.25, -0.2) is 22.9 Å². The number of benzene rings is 3. The first-order chi connectivity index (χ1) is 28.2. The van der Waals surface area contributed by atoms with Crippen LogP contribution in [0.2, 0.25) is 0 Å². The Bertz CT molecular complexity index is 2430. The largest absolute Gasteiger partial charge is 0.497 e. The predicted molar refractivity (Wildman–Crippen MR) is 235 cm³/mol. The van der Waals surface area contributed by atoms with Crippen molar-refractivity contribution in [2.45, 2.75) is 88.6 Å². The molecular weight excluding hydrogens is 901 g/mol. The third kappa shape index (κ3) is 9.70. The van der Waals surface area contributed by atoms with Gasteiger partial charge in [-0.3, -0.25) is 14.4 Å². The number of carbonyl (C=O) groups excluding carboxylic acids is 4. The highest BCUT2D eigenvalue weighted by Gasteiger charge is 2.61. The Morgan fingerprint density at radius 3 is 2.28 bits per heavy atom. The number of nitrogens with one attached hydrogen (secondary N) is 3. The monoisotopic (exact) mass is 951 g/mol. The van der Waals surface area contributed by atoms with Gasteiger partial charge in [-0.05, 0) is 79.5 Å². The van der Waals surface area contributed by atoms with Crippen LogP contribution in [0.4, 0.5) is 4.79 Å². The van der Waals surface area contributed by atoms with E-state index in [4.69, 9.17) is 19.2 Å². The molecule has 3 aromatic carbocycles. The first-order valence-corrected chi connectivity index (χ1v) is 22.0. The summed E-state index contributed by atoms with van der Waals surface area (Å²) in [4.78, 5) is 62.6. The number of carbonyl (C=O) groups is 4. The van der Waals surface area contributed by atoms with E-state index in [-0.39, 0.29) is 24.3 Å². The van der Waals surface area contributed by atoms with Gasteiger partial charge in [-0.2, -0.15) is 0 Å². The molecule has 2 aliphatic rings. The van der Waals surface area contributed by atoms with Gasteiger partial charge in [-0.15, -0.1) is 6.58 Å². The van der Waals surface area contributed by atoms with Gasteiger partial charge in [0.25, 0.3) is 15.9 Å². The Balaban J connectivity index is 1.35. The number of amides is 4. The Morgan fingerprint density at radius 1 is 0.983 bits per heavy atom. The zero-order valence-corrected chi connectivity index (χ0v) is 37.5. The molecular formula is C44H50IN5O9S. The molecule has 2 heterocycles. The molecule has 1 aromatic heterocycles. The molecule has 1 aliphatic heterocycles. The number of halogens is 1. The highest BCUT2D eigenvalue weighted by Crippen LogP contribution is 2.45. The average Bonchev–Trinajstić information content (AvgIpc) is 3.74. The van der Waals surface area contributed by atoms with Gasteiger partial charge in [0.15, 0.2) is 0 Å². The Kier molecular flexibility index (Phi) is 12.6. The van der Waals surface area contributed by atoms with Crippen molar-refractivity contribution in [3.8, 4) is 22.8 Å². The molecule has 4 amide bonds. The number of hydrogen-bond acceptors (Lipinski definition) is 10. The van der Waals surface area contributed by atoms with Crippen LogP contribution < -0.4 is 24.8 Å². The second kappa shape index (κ2) is 17.0. The molecule has 16 heteroatoms. The van der Waals surface area contributed by atoms with Crippen LogP contribution in [-0.4, -0.2) is 85.1 Å². The van der Waals surface area contributed by atoms with Crippen molar-refractivity contribution in [1.82, 2.24) is 25.2 Å². The number of hydrogen-bond donors (Lipinski definition) is 3. The van der Waals surface area contributed by atoms with Crippen LogP contribution in [-0.2, 0) is 29.1 Å². The second-order valence-corrected chi connectivity index (χ2v) is 19.9. The molecule has 318 valence electrons. The normalized spacial score (nSPS) is 20.7. The van der Waals surface area contributed by atoms with Gasteiger partial charge >= 0.3 is 6.09 Å². The van der Waals surface area contributed by atoms with Crippen molar-refractivity contribution in [2.24, 2.45) is 11.3 Å². The van der Waals surface area contributed by atoms with Crippen molar-refractivity contribution in [3.05, 3.63) is 95.1 Å². The molecule has 0 radical (unpaired) electrons. The second-order valence-electron chi connectivity index (χ2n) is 17.1. The van der Waals surface area contributed by atoms with Crippen LogP contribution in [0.1, 0.15) is 54.4 Å². The van der Waals surface area contributed by atoms with Crippen LogP contribution in [0.5, 0.6) is 11.5 Å². The molecule has 14 nitrogen and oxygen atoms in total. The van der Waals surface area contributed by atoms with Crippen LogP contribution in [0, 0.1) is 14.9 Å². The van der Waals surface area contributed by atoms with Gasteiger partial charge < -0.3 is 29.7 Å². The fourth-order valence-electron chi connectivity index (χ4n) is 7.22. The minimum absolute atomic E-state index is 0.0154. The number of fused-ring (bicyclic) bond motifs is 1. The van der Waals surface area contributed by atoms with Crippen LogP contribution in [0.15, 0.2) is 96.4 Å². The molecule has 1 aliphatic carbocycles. The summed E-state index contributed by atoms with van der Waals surface area (Å²) >= 11 is 1.87. The Labute approximate surface area is 364 Å². The first-order valence-electron chi connectivity index (χ1n) is 19.4. The van der Waals surface area contributed by atoms with Crippen molar-refractivity contribution >= 4 is 67.3 Å². The number of likely N-dealkylation sites (tertiary alicyclic amines) is 1. The lowest BCUT2D eigenvalue weighted by Crippen LogP contribution is -2.60. The molecule has 1 saturated heterocycles. The van der Waals surface area contributed by atoms with E-state index >= 15 is 0 Å². The summed E-state index contributed by atoms with van der Waals surface area (Å²) < 4.78 is 47.1. The van der Waals surface area contributed by atoms with Crippen molar-refractivity contribution in [1.29, 1.82) is 0 Å². The number of aromatic nitrogens is 1. The van der Waals surface area contributed by atoms with E-state index in [2.05, 4.69) is 21.9 Å². The lowest BCUT2D eigenvalue weighted by atomic mass is 9.85. The van der Waals surface area contributed by atoms with E-state index in [9.17, 15) is 27.6 Å². The average molecular weight is 952 g/mol.